The topological polar surface area (TPSA) is 132 Å². The van der Waals surface area contributed by atoms with Gasteiger partial charge in [0, 0.05) is 0 Å². The standard InChI is InChI=1S/C6H8O7.ClH.Na.H/c7-3(8)1-6(13,5(11)12)2-4(9)10;;;/h13H,1-2H2,(H,7,8)(H,9,10)(H,11,12);1H;;/q;;+1;-1. The summed E-state index contributed by atoms with van der Waals surface area (Å²) in [6.07, 6.45) is -2.29. The largest absolute Gasteiger partial charge is 1.00 e. The SMILES string of the molecule is Cl.O=C(O)CC(O)(CC(=O)O)C(=O)O.[H-].[Na+]. The van der Waals surface area contributed by atoms with Crippen LogP contribution in [0.3, 0.4) is 0 Å². The van der Waals surface area contributed by atoms with Crippen molar-refractivity contribution in [2.24, 2.45) is 0 Å². The zero-order valence-corrected chi connectivity index (χ0v) is 10.7. The molecule has 0 saturated heterocycles. The first-order valence-corrected chi connectivity index (χ1v) is 3.17. The number of halogens is 1. The number of carboxylic acids is 3. The van der Waals surface area contributed by atoms with E-state index in [1.807, 2.05) is 0 Å². The molecule has 9 heteroatoms. The number of aliphatic carboxylic acids is 3. The fraction of sp³-hybridized carbons (Fsp3) is 0.500. The molecule has 0 saturated carbocycles. The fourth-order valence-corrected chi connectivity index (χ4v) is 0.714. The van der Waals surface area contributed by atoms with Gasteiger partial charge in [0.05, 0.1) is 12.8 Å². The van der Waals surface area contributed by atoms with Gasteiger partial charge in [0.25, 0.3) is 0 Å². The van der Waals surface area contributed by atoms with Gasteiger partial charge in [-0.1, -0.05) is 0 Å². The van der Waals surface area contributed by atoms with Crippen molar-refractivity contribution in [3.8, 4) is 0 Å². The van der Waals surface area contributed by atoms with Crippen LogP contribution in [-0.4, -0.2) is 43.9 Å². The van der Waals surface area contributed by atoms with Crippen LogP contribution in [0.4, 0.5) is 0 Å². The predicted octanol–water partition coefficient (Wildman–Crippen LogP) is -3.71. The van der Waals surface area contributed by atoms with E-state index in [1.54, 1.807) is 0 Å². The molecule has 0 atom stereocenters. The van der Waals surface area contributed by atoms with Gasteiger partial charge in [0.1, 0.15) is 0 Å². The minimum Gasteiger partial charge on any atom is -1.00 e. The fourth-order valence-electron chi connectivity index (χ4n) is 0.714. The van der Waals surface area contributed by atoms with Crippen molar-refractivity contribution in [3.63, 3.8) is 0 Å². The van der Waals surface area contributed by atoms with Crippen LogP contribution < -0.4 is 29.6 Å². The average Bonchev–Trinajstić information content (AvgIpc) is 1.82. The van der Waals surface area contributed by atoms with Crippen LogP contribution in [0.15, 0.2) is 0 Å². The Balaban J connectivity index is -0.000000240. The average molecular weight is 253 g/mol. The van der Waals surface area contributed by atoms with Crippen LogP contribution in [0.1, 0.15) is 14.3 Å². The van der Waals surface area contributed by atoms with Gasteiger partial charge in [0.15, 0.2) is 5.60 Å². The quantitative estimate of drug-likeness (QED) is 0.370. The summed E-state index contributed by atoms with van der Waals surface area (Å²) in [5.74, 6) is -5.02. The molecule has 0 bridgehead atoms. The summed E-state index contributed by atoms with van der Waals surface area (Å²) in [5.41, 5.74) is -2.74. The predicted molar refractivity (Wildman–Crippen MR) is 45.5 cm³/mol. The molecule has 0 rings (SSSR count). The molecule has 0 aromatic rings. The van der Waals surface area contributed by atoms with Crippen molar-refractivity contribution >= 4 is 30.3 Å². The third-order valence-electron chi connectivity index (χ3n) is 1.29. The third-order valence-corrected chi connectivity index (χ3v) is 1.29. The van der Waals surface area contributed by atoms with E-state index in [2.05, 4.69) is 0 Å². The monoisotopic (exact) mass is 252 g/mol. The Morgan fingerprint density at radius 3 is 1.40 bits per heavy atom. The summed E-state index contributed by atoms with van der Waals surface area (Å²) >= 11 is 0. The van der Waals surface area contributed by atoms with Crippen molar-refractivity contribution in [2.45, 2.75) is 18.4 Å². The number of carboxylic acid groups (broad SMARTS) is 3. The van der Waals surface area contributed by atoms with E-state index in [9.17, 15) is 14.4 Å². The first-order chi connectivity index (χ1) is 5.78. The molecule has 84 valence electrons. The molecular formula is C6H10ClNaO7. The maximum Gasteiger partial charge on any atom is 1.00 e. The summed E-state index contributed by atoms with van der Waals surface area (Å²) in [5, 5.41) is 33.8. The van der Waals surface area contributed by atoms with Gasteiger partial charge in [-0.3, -0.25) is 9.59 Å². The van der Waals surface area contributed by atoms with Gasteiger partial charge >= 0.3 is 47.5 Å². The van der Waals surface area contributed by atoms with Gasteiger partial charge < -0.3 is 21.9 Å². The van der Waals surface area contributed by atoms with Crippen LogP contribution in [0.2, 0.25) is 0 Å². The van der Waals surface area contributed by atoms with Crippen molar-refractivity contribution in [2.75, 3.05) is 0 Å². The molecule has 0 spiro atoms. The van der Waals surface area contributed by atoms with Crippen molar-refractivity contribution < 1.29 is 65.8 Å². The maximum absolute atomic E-state index is 10.3. The van der Waals surface area contributed by atoms with Crippen LogP contribution >= 0.6 is 12.4 Å². The van der Waals surface area contributed by atoms with Gasteiger partial charge in [-0.05, 0) is 0 Å². The molecule has 0 amide bonds. The molecule has 0 aromatic carbocycles. The Kier molecular flexibility index (Phi) is 10.6. The number of aliphatic hydroxyl groups is 1. The first-order valence-electron chi connectivity index (χ1n) is 3.17. The molecule has 0 fully saturated rings. The zero-order valence-electron chi connectivity index (χ0n) is 8.84. The van der Waals surface area contributed by atoms with Crippen molar-refractivity contribution in [1.29, 1.82) is 0 Å². The molecule has 0 aliphatic carbocycles. The molecule has 7 nitrogen and oxygen atoms in total. The summed E-state index contributed by atoms with van der Waals surface area (Å²) in [6.45, 7) is 0. The van der Waals surface area contributed by atoms with E-state index in [1.165, 1.54) is 0 Å². The van der Waals surface area contributed by atoms with E-state index in [0.29, 0.717) is 0 Å². The normalized spacial score (nSPS) is 9.40. The maximum atomic E-state index is 10.3. The Morgan fingerprint density at radius 2 is 1.27 bits per heavy atom. The molecule has 0 aliphatic rings. The van der Waals surface area contributed by atoms with E-state index in [0.717, 1.165) is 0 Å². The van der Waals surface area contributed by atoms with E-state index < -0.39 is 36.4 Å². The molecule has 0 radical (unpaired) electrons. The first kappa shape index (κ1) is 20.1. The number of carbonyl (C=O) groups is 3. The Bertz CT molecular complexity index is 243. The molecule has 0 aliphatic heterocycles. The van der Waals surface area contributed by atoms with Gasteiger partial charge in [-0.25, -0.2) is 4.79 Å². The molecular weight excluding hydrogens is 243 g/mol. The zero-order chi connectivity index (χ0) is 10.6. The summed E-state index contributed by atoms with van der Waals surface area (Å²) in [7, 11) is 0. The van der Waals surface area contributed by atoms with Gasteiger partial charge in [0.2, 0.25) is 0 Å². The minimum atomic E-state index is -2.74. The minimum absolute atomic E-state index is 0. The van der Waals surface area contributed by atoms with Crippen LogP contribution in [0.25, 0.3) is 0 Å². The summed E-state index contributed by atoms with van der Waals surface area (Å²) < 4.78 is 0. The van der Waals surface area contributed by atoms with Crippen molar-refractivity contribution in [3.05, 3.63) is 0 Å². The second kappa shape index (κ2) is 7.89. The van der Waals surface area contributed by atoms with Gasteiger partial charge in [-0.2, -0.15) is 0 Å². The number of hydrogen-bond donors (Lipinski definition) is 4. The molecule has 0 unspecified atom stereocenters. The van der Waals surface area contributed by atoms with Crippen molar-refractivity contribution in [1.82, 2.24) is 0 Å². The Hall–Kier alpha value is -0.340. The second-order valence-corrected chi connectivity index (χ2v) is 2.48. The third kappa shape index (κ3) is 7.57. The molecule has 0 heterocycles. The van der Waals surface area contributed by atoms with E-state index in [4.69, 9.17) is 20.4 Å². The Morgan fingerprint density at radius 1 is 1.00 bits per heavy atom. The van der Waals surface area contributed by atoms with Gasteiger partial charge in [-0.15, -0.1) is 12.4 Å². The smallest absolute Gasteiger partial charge is 1.00 e. The Labute approximate surface area is 114 Å². The number of hydrogen-bond acceptors (Lipinski definition) is 4. The number of rotatable bonds is 5. The second-order valence-electron chi connectivity index (χ2n) is 2.48. The van der Waals surface area contributed by atoms with Crippen LogP contribution in [-0.2, 0) is 14.4 Å². The van der Waals surface area contributed by atoms with Crippen LogP contribution in [0, 0.1) is 0 Å². The molecule has 4 N–H and O–H groups in total. The molecule has 0 aromatic heterocycles. The molecule has 15 heavy (non-hydrogen) atoms. The van der Waals surface area contributed by atoms with E-state index in [-0.39, 0.29) is 43.4 Å². The summed E-state index contributed by atoms with van der Waals surface area (Å²) in [6, 6.07) is 0. The van der Waals surface area contributed by atoms with E-state index >= 15 is 0 Å². The summed E-state index contributed by atoms with van der Waals surface area (Å²) in [4.78, 5) is 30.5. The van der Waals surface area contributed by atoms with Crippen LogP contribution in [0.5, 0.6) is 0 Å².